The van der Waals surface area contributed by atoms with Gasteiger partial charge in [0, 0.05) is 40.3 Å². The Kier molecular flexibility index (Phi) is 13.1. The third-order valence-corrected chi connectivity index (χ3v) is 22.9. The lowest BCUT2D eigenvalue weighted by molar-refractivity contribution is 1.62. The molecule has 0 fully saturated rings. The molecule has 0 spiro atoms. The third-order valence-electron chi connectivity index (χ3n) is 20.6. The summed E-state index contributed by atoms with van der Waals surface area (Å²) in [5.41, 5.74) is 22.1. The first-order chi connectivity index (χ1) is 48.5. The van der Waals surface area contributed by atoms with Crippen LogP contribution in [0.4, 0.5) is 0 Å². The van der Waals surface area contributed by atoms with E-state index >= 15 is 0 Å². The first-order valence-electron chi connectivity index (χ1n) is 33.8. The number of hydrogen-bond acceptors (Lipinski definition) is 2. The Morgan fingerprint density at radius 1 is 0.133 bits per heavy atom. The van der Waals surface area contributed by atoms with E-state index in [0.717, 1.165) is 0 Å². The van der Waals surface area contributed by atoms with Crippen molar-refractivity contribution in [3.8, 4) is 100 Å². The molecule has 18 aromatic carbocycles. The van der Waals surface area contributed by atoms with Gasteiger partial charge in [0.25, 0.3) is 0 Å². The van der Waals surface area contributed by atoms with Crippen LogP contribution in [0.15, 0.2) is 352 Å². The molecule has 0 saturated carbocycles. The van der Waals surface area contributed by atoms with E-state index in [9.17, 15) is 0 Å². The largest absolute Gasteiger partial charge is 0.135 e. The molecule has 0 aliphatic heterocycles. The van der Waals surface area contributed by atoms with Gasteiger partial charge in [-0.1, -0.05) is 285 Å². The van der Waals surface area contributed by atoms with Crippen LogP contribution in [0.25, 0.3) is 205 Å². The van der Waals surface area contributed by atoms with Crippen LogP contribution in [-0.2, 0) is 0 Å². The Labute approximate surface area is 575 Å². The fraction of sp³-hybridized carbons (Fsp3) is 0. The average Bonchev–Trinajstić information content (AvgIpc) is 1.03. The van der Waals surface area contributed by atoms with Crippen molar-refractivity contribution in [2.75, 3.05) is 0 Å². The zero-order chi connectivity index (χ0) is 64.4. The van der Waals surface area contributed by atoms with Gasteiger partial charge in [0.2, 0.25) is 0 Å². The highest BCUT2D eigenvalue weighted by atomic mass is 32.1. The van der Waals surface area contributed by atoms with E-state index in [2.05, 4.69) is 352 Å². The van der Waals surface area contributed by atoms with Crippen molar-refractivity contribution in [3.05, 3.63) is 352 Å². The molecule has 2 heterocycles. The predicted octanol–water partition coefficient (Wildman–Crippen LogP) is 28.3. The highest BCUT2D eigenvalue weighted by Crippen LogP contribution is 2.49. The van der Waals surface area contributed by atoms with Crippen molar-refractivity contribution in [3.63, 3.8) is 0 Å². The molecular formula is C96H58S2. The summed E-state index contributed by atoms with van der Waals surface area (Å²) in [5, 5.41) is 20.2. The van der Waals surface area contributed by atoms with Crippen LogP contribution in [-0.4, -0.2) is 0 Å². The minimum atomic E-state index is 1.20. The summed E-state index contributed by atoms with van der Waals surface area (Å²) in [7, 11) is 0. The second-order valence-electron chi connectivity index (χ2n) is 26.1. The molecule has 0 radical (unpaired) electrons. The standard InChI is InChI=1S/C96H58S2/c1-2-25-75-61(17-1)18-16-35-76(75)70-21-15-24-73(55-70)96-85-33-9-7-31-83(85)95(84-32-8-10-34-86(84)96)72-23-14-20-64(52-72)68-47-50-91-88(57-68)78-48-45-69(58-92(78)98-91)66-44-40-60-39-43-65(53-74(60)54-66)63-19-13-22-71(51-63)94-81-29-5-3-27-79(81)93(80-28-4-6-30-82(80)94)62-41-37-59(38-42-62)67-46-49-90-87(56-67)77-26-11-12-36-89(77)97-90/h1-58H. The van der Waals surface area contributed by atoms with E-state index < -0.39 is 0 Å². The van der Waals surface area contributed by atoms with E-state index in [1.165, 1.54) is 205 Å². The Bertz CT molecular complexity index is 6560. The lowest BCUT2D eigenvalue weighted by atomic mass is 9.85. The van der Waals surface area contributed by atoms with Gasteiger partial charge in [0.05, 0.1) is 0 Å². The quantitative estimate of drug-likeness (QED) is 0.126. The smallest absolute Gasteiger partial charge is 0.0361 e. The Morgan fingerprint density at radius 3 is 1.00 bits per heavy atom. The highest BCUT2D eigenvalue weighted by molar-refractivity contribution is 7.26. The van der Waals surface area contributed by atoms with E-state index in [4.69, 9.17) is 0 Å². The molecule has 0 N–H and O–H groups in total. The van der Waals surface area contributed by atoms with E-state index in [1.807, 2.05) is 22.7 Å². The summed E-state index contributed by atoms with van der Waals surface area (Å²) in [6.07, 6.45) is 0. The highest BCUT2D eigenvalue weighted by Gasteiger charge is 2.21. The van der Waals surface area contributed by atoms with Crippen molar-refractivity contribution in [2.45, 2.75) is 0 Å². The summed E-state index contributed by atoms with van der Waals surface area (Å²) in [6, 6.07) is 132. The van der Waals surface area contributed by atoms with Gasteiger partial charge in [0.15, 0.2) is 0 Å². The first-order valence-corrected chi connectivity index (χ1v) is 35.4. The van der Waals surface area contributed by atoms with Crippen LogP contribution in [0.3, 0.4) is 0 Å². The van der Waals surface area contributed by atoms with Gasteiger partial charge in [-0.05, 0) is 232 Å². The van der Waals surface area contributed by atoms with E-state index in [-0.39, 0.29) is 0 Å². The fourth-order valence-electron chi connectivity index (χ4n) is 16.0. The van der Waals surface area contributed by atoms with Crippen LogP contribution < -0.4 is 0 Å². The first kappa shape index (κ1) is 56.3. The van der Waals surface area contributed by atoms with Crippen molar-refractivity contribution < 1.29 is 0 Å². The van der Waals surface area contributed by atoms with Crippen molar-refractivity contribution in [1.82, 2.24) is 0 Å². The van der Waals surface area contributed by atoms with Crippen molar-refractivity contribution in [2.24, 2.45) is 0 Å². The molecule has 2 aromatic heterocycles. The summed E-state index contributed by atoms with van der Waals surface area (Å²) < 4.78 is 5.24. The molecule has 0 bridgehead atoms. The van der Waals surface area contributed by atoms with Crippen LogP contribution in [0.1, 0.15) is 0 Å². The topological polar surface area (TPSA) is 0 Å². The molecule has 0 nitrogen and oxygen atoms in total. The monoisotopic (exact) mass is 1270 g/mol. The molecule has 0 aliphatic carbocycles. The molecule has 2 heteroatoms. The van der Waals surface area contributed by atoms with Crippen LogP contribution in [0.2, 0.25) is 0 Å². The van der Waals surface area contributed by atoms with Gasteiger partial charge in [-0.15, -0.1) is 22.7 Å². The van der Waals surface area contributed by atoms with Gasteiger partial charge >= 0.3 is 0 Å². The summed E-state index contributed by atoms with van der Waals surface area (Å²) in [4.78, 5) is 0. The maximum atomic E-state index is 2.41. The third kappa shape index (κ3) is 9.32. The molecule has 20 aromatic rings. The zero-order valence-electron chi connectivity index (χ0n) is 53.3. The molecule has 0 unspecified atom stereocenters. The number of fused-ring (bicyclic) bond motifs is 12. The van der Waals surface area contributed by atoms with Gasteiger partial charge in [-0.2, -0.15) is 0 Å². The van der Waals surface area contributed by atoms with Crippen LogP contribution in [0, 0.1) is 0 Å². The number of hydrogen-bond donors (Lipinski definition) is 0. The SMILES string of the molecule is c1cc(-c2ccc3ccc(-c4ccc5c(c4)sc4ccc(-c6cccc(-c7c8ccccc8c(-c8cccc(-c9cccc%10ccccc9%10)c8)c8ccccc78)c6)cc45)cc3c2)cc(-c2c3ccccc3c(-c3ccc(-c4ccc5sc6ccccc6c5c4)cc3)c3ccccc23)c1. The van der Waals surface area contributed by atoms with Crippen LogP contribution >= 0.6 is 22.7 Å². The Hall–Kier alpha value is -12.0. The normalized spacial score (nSPS) is 11.9. The Balaban J connectivity index is 0.607. The van der Waals surface area contributed by atoms with E-state index in [0.29, 0.717) is 0 Å². The number of thiophene rings is 2. The minimum Gasteiger partial charge on any atom is -0.135 e. The van der Waals surface area contributed by atoms with Crippen molar-refractivity contribution in [1.29, 1.82) is 0 Å². The lowest BCUT2D eigenvalue weighted by Crippen LogP contribution is -1.91. The molecule has 0 saturated heterocycles. The molecule has 454 valence electrons. The molecule has 0 amide bonds. The second-order valence-corrected chi connectivity index (χ2v) is 28.3. The zero-order valence-corrected chi connectivity index (χ0v) is 54.9. The average molecular weight is 1280 g/mol. The molecule has 0 atom stereocenters. The molecule has 0 aliphatic rings. The van der Waals surface area contributed by atoms with Crippen molar-refractivity contribution >= 4 is 128 Å². The Morgan fingerprint density at radius 2 is 0.459 bits per heavy atom. The van der Waals surface area contributed by atoms with Gasteiger partial charge in [-0.25, -0.2) is 0 Å². The predicted molar refractivity (Wildman–Crippen MR) is 426 cm³/mol. The van der Waals surface area contributed by atoms with Gasteiger partial charge in [-0.3, -0.25) is 0 Å². The molecule has 98 heavy (non-hydrogen) atoms. The van der Waals surface area contributed by atoms with Gasteiger partial charge < -0.3 is 0 Å². The molecular weight excluding hydrogens is 1220 g/mol. The fourth-order valence-corrected chi connectivity index (χ4v) is 18.2. The second kappa shape index (κ2) is 22.8. The van der Waals surface area contributed by atoms with Gasteiger partial charge in [0.1, 0.15) is 0 Å². The van der Waals surface area contributed by atoms with Crippen LogP contribution in [0.5, 0.6) is 0 Å². The number of benzene rings is 18. The summed E-state index contributed by atoms with van der Waals surface area (Å²) >= 11 is 3.75. The minimum absolute atomic E-state index is 1.20. The lowest BCUT2D eigenvalue weighted by Gasteiger charge is -2.19. The number of rotatable bonds is 9. The maximum absolute atomic E-state index is 2.41. The summed E-state index contributed by atoms with van der Waals surface area (Å²) in [5.74, 6) is 0. The summed E-state index contributed by atoms with van der Waals surface area (Å²) in [6.45, 7) is 0. The molecule has 20 rings (SSSR count). The van der Waals surface area contributed by atoms with E-state index in [1.54, 1.807) is 0 Å². The maximum Gasteiger partial charge on any atom is 0.0361 e.